The standard InChI is InChI=1S/C21H24BFO3/c1-20(2)21(3,4)26-22(25-20)19(23)14-15-6-8-16(9-7-15)17-10-12-18(24-5)13-11-17/h6-14H,1-5H3. The molecule has 0 N–H and O–H groups in total. The molecule has 0 atom stereocenters. The predicted molar refractivity (Wildman–Crippen MR) is 104 cm³/mol. The van der Waals surface area contributed by atoms with Gasteiger partial charge in [-0.1, -0.05) is 36.4 Å². The Morgan fingerprint density at radius 1 is 0.885 bits per heavy atom. The van der Waals surface area contributed by atoms with Crippen molar-refractivity contribution in [3.63, 3.8) is 0 Å². The van der Waals surface area contributed by atoms with E-state index in [2.05, 4.69) is 0 Å². The summed E-state index contributed by atoms with van der Waals surface area (Å²) in [6, 6.07) is 15.5. The Labute approximate surface area is 154 Å². The molecule has 0 aromatic heterocycles. The van der Waals surface area contributed by atoms with Crippen LogP contribution in [0.3, 0.4) is 0 Å². The van der Waals surface area contributed by atoms with Crippen molar-refractivity contribution in [3.8, 4) is 16.9 Å². The summed E-state index contributed by atoms with van der Waals surface area (Å²) in [7, 11) is 0.672. The summed E-state index contributed by atoms with van der Waals surface area (Å²) in [4.78, 5) is 0. The van der Waals surface area contributed by atoms with Gasteiger partial charge in [-0.25, -0.2) is 4.39 Å². The van der Waals surface area contributed by atoms with Gasteiger partial charge < -0.3 is 14.0 Å². The van der Waals surface area contributed by atoms with E-state index in [9.17, 15) is 4.39 Å². The van der Waals surface area contributed by atoms with Crippen LogP contribution in [0, 0.1) is 0 Å². The summed E-state index contributed by atoms with van der Waals surface area (Å²) >= 11 is 0. The van der Waals surface area contributed by atoms with E-state index in [0.717, 1.165) is 22.4 Å². The summed E-state index contributed by atoms with van der Waals surface area (Å²) in [5, 5.41) is 0. The fraction of sp³-hybridized carbons (Fsp3) is 0.333. The van der Waals surface area contributed by atoms with Gasteiger partial charge in [0, 0.05) is 0 Å². The topological polar surface area (TPSA) is 27.7 Å². The third-order valence-electron chi connectivity index (χ3n) is 5.12. The maximum atomic E-state index is 14.6. The predicted octanol–water partition coefficient (Wildman–Crippen LogP) is 5.30. The molecule has 0 bridgehead atoms. The molecule has 0 amide bonds. The van der Waals surface area contributed by atoms with Gasteiger partial charge in [-0.15, -0.1) is 0 Å². The molecule has 1 saturated heterocycles. The van der Waals surface area contributed by atoms with Gasteiger partial charge >= 0.3 is 7.12 Å². The number of hydrogen-bond acceptors (Lipinski definition) is 3. The molecule has 136 valence electrons. The van der Waals surface area contributed by atoms with Crippen LogP contribution >= 0.6 is 0 Å². The van der Waals surface area contributed by atoms with E-state index in [1.54, 1.807) is 7.11 Å². The van der Waals surface area contributed by atoms with Crippen molar-refractivity contribution >= 4 is 13.2 Å². The molecule has 0 spiro atoms. The van der Waals surface area contributed by atoms with Crippen molar-refractivity contribution in [2.45, 2.75) is 38.9 Å². The number of benzene rings is 2. The summed E-state index contributed by atoms with van der Waals surface area (Å²) in [5.41, 5.74) is 1.35. The van der Waals surface area contributed by atoms with Crippen LogP contribution in [0.1, 0.15) is 33.3 Å². The van der Waals surface area contributed by atoms with E-state index >= 15 is 0 Å². The first-order valence-corrected chi connectivity index (χ1v) is 8.69. The van der Waals surface area contributed by atoms with Crippen LogP contribution in [-0.4, -0.2) is 25.4 Å². The molecule has 1 heterocycles. The summed E-state index contributed by atoms with van der Waals surface area (Å²) in [6.45, 7) is 7.63. The number of ether oxygens (including phenoxy) is 1. The highest BCUT2D eigenvalue weighted by Gasteiger charge is 2.53. The molecule has 2 aromatic rings. The Morgan fingerprint density at radius 3 is 1.81 bits per heavy atom. The van der Waals surface area contributed by atoms with E-state index in [-0.39, 0.29) is 0 Å². The normalized spacial score (nSPS) is 18.8. The number of rotatable bonds is 4. The molecular formula is C21H24BFO3. The van der Waals surface area contributed by atoms with Gasteiger partial charge in [0.1, 0.15) is 11.5 Å². The second-order valence-electron chi connectivity index (χ2n) is 7.47. The van der Waals surface area contributed by atoms with Crippen molar-refractivity contribution in [1.29, 1.82) is 0 Å². The van der Waals surface area contributed by atoms with Crippen LogP contribution in [0.4, 0.5) is 4.39 Å². The van der Waals surface area contributed by atoms with Gasteiger partial charge in [0.05, 0.1) is 18.3 Å². The van der Waals surface area contributed by atoms with Crippen LogP contribution in [-0.2, 0) is 9.31 Å². The van der Waals surface area contributed by atoms with Crippen molar-refractivity contribution in [1.82, 2.24) is 0 Å². The van der Waals surface area contributed by atoms with E-state index in [1.807, 2.05) is 76.2 Å². The minimum Gasteiger partial charge on any atom is -0.497 e. The molecule has 2 aromatic carbocycles. The third kappa shape index (κ3) is 3.69. The highest BCUT2D eigenvalue weighted by molar-refractivity contribution is 6.54. The molecule has 3 nitrogen and oxygen atoms in total. The van der Waals surface area contributed by atoms with Crippen LogP contribution in [0.5, 0.6) is 5.75 Å². The van der Waals surface area contributed by atoms with E-state index in [4.69, 9.17) is 14.0 Å². The number of hydrogen-bond donors (Lipinski definition) is 0. The minimum absolute atomic E-state index is 0.430. The Kier molecular flexibility index (Phi) is 4.95. The molecule has 5 heteroatoms. The molecule has 0 radical (unpaired) electrons. The van der Waals surface area contributed by atoms with Crippen molar-refractivity contribution < 1.29 is 18.4 Å². The Bertz CT molecular complexity index is 779. The largest absolute Gasteiger partial charge is 0.525 e. The minimum atomic E-state index is -0.971. The lowest BCUT2D eigenvalue weighted by Crippen LogP contribution is -2.41. The summed E-state index contributed by atoms with van der Waals surface area (Å²) < 4.78 is 31.2. The molecule has 0 unspecified atom stereocenters. The maximum absolute atomic E-state index is 14.6. The molecule has 1 fully saturated rings. The Balaban J connectivity index is 1.75. The first-order chi connectivity index (χ1) is 12.2. The summed E-state index contributed by atoms with van der Waals surface area (Å²) in [5.74, 6) is 0.817. The number of methoxy groups -OCH3 is 1. The fourth-order valence-corrected chi connectivity index (χ4v) is 2.74. The van der Waals surface area contributed by atoms with Gasteiger partial charge in [-0.3, -0.25) is 0 Å². The molecule has 0 aliphatic carbocycles. The smallest absolute Gasteiger partial charge is 0.497 e. The van der Waals surface area contributed by atoms with E-state index in [0.29, 0.717) is 0 Å². The lowest BCUT2D eigenvalue weighted by Gasteiger charge is -2.32. The number of halogens is 1. The molecular weight excluding hydrogens is 330 g/mol. The van der Waals surface area contributed by atoms with Gasteiger partial charge in [0.25, 0.3) is 0 Å². The average Bonchev–Trinajstić information content (AvgIpc) is 2.83. The molecule has 1 aliphatic rings. The maximum Gasteiger partial charge on any atom is 0.525 e. The third-order valence-corrected chi connectivity index (χ3v) is 5.12. The SMILES string of the molecule is COc1ccc(-c2ccc(C=C(F)B3OC(C)(C)C(C)(C)O3)cc2)cc1. The molecule has 0 saturated carbocycles. The lowest BCUT2D eigenvalue weighted by molar-refractivity contribution is 0.00578. The van der Waals surface area contributed by atoms with Gasteiger partial charge in [0.15, 0.2) is 0 Å². The average molecular weight is 354 g/mol. The van der Waals surface area contributed by atoms with Crippen LogP contribution < -0.4 is 4.74 Å². The van der Waals surface area contributed by atoms with E-state index in [1.165, 1.54) is 6.08 Å². The van der Waals surface area contributed by atoms with Crippen LogP contribution in [0.15, 0.2) is 54.3 Å². The Hall–Kier alpha value is -2.11. The van der Waals surface area contributed by atoms with Crippen molar-refractivity contribution in [2.24, 2.45) is 0 Å². The lowest BCUT2D eigenvalue weighted by atomic mass is 9.86. The fourth-order valence-electron chi connectivity index (χ4n) is 2.74. The zero-order chi connectivity index (χ0) is 18.9. The summed E-state index contributed by atoms with van der Waals surface area (Å²) in [6.07, 6.45) is 1.46. The zero-order valence-electron chi connectivity index (χ0n) is 15.9. The highest BCUT2D eigenvalue weighted by Crippen LogP contribution is 2.39. The first-order valence-electron chi connectivity index (χ1n) is 8.69. The highest BCUT2D eigenvalue weighted by atomic mass is 19.1. The molecule has 26 heavy (non-hydrogen) atoms. The quantitative estimate of drug-likeness (QED) is 0.697. The second kappa shape index (κ2) is 6.90. The van der Waals surface area contributed by atoms with E-state index < -0.39 is 24.0 Å². The first kappa shape index (κ1) is 18.7. The monoisotopic (exact) mass is 354 g/mol. The zero-order valence-corrected chi connectivity index (χ0v) is 15.9. The van der Waals surface area contributed by atoms with Crippen molar-refractivity contribution in [3.05, 3.63) is 59.8 Å². The van der Waals surface area contributed by atoms with Crippen LogP contribution in [0.2, 0.25) is 0 Å². The molecule has 3 rings (SSSR count). The van der Waals surface area contributed by atoms with Crippen LogP contribution in [0.25, 0.3) is 17.2 Å². The van der Waals surface area contributed by atoms with Crippen molar-refractivity contribution in [2.75, 3.05) is 7.11 Å². The Morgan fingerprint density at radius 2 is 1.35 bits per heavy atom. The van der Waals surface area contributed by atoms with Gasteiger partial charge in [-0.05, 0) is 62.6 Å². The second-order valence-corrected chi connectivity index (χ2v) is 7.47. The van der Waals surface area contributed by atoms with Gasteiger partial charge in [-0.2, -0.15) is 0 Å². The van der Waals surface area contributed by atoms with Gasteiger partial charge in [0.2, 0.25) is 0 Å². The molecule has 1 aliphatic heterocycles.